The number of benzene rings is 2. The molecule has 0 saturated carbocycles. The third-order valence-electron chi connectivity index (χ3n) is 5.55. The number of carbonyl (C=O) groups is 1. The minimum Gasteiger partial charge on any atom is -0.439 e. The lowest BCUT2D eigenvalue weighted by molar-refractivity contribution is 0.0962. The molecular formula is C25H26N6O4S. The van der Waals surface area contributed by atoms with Gasteiger partial charge in [-0.25, -0.2) is 18.1 Å². The van der Waals surface area contributed by atoms with Crippen molar-refractivity contribution >= 4 is 21.9 Å². The van der Waals surface area contributed by atoms with Crippen molar-refractivity contribution in [2.75, 3.05) is 11.8 Å². The van der Waals surface area contributed by atoms with E-state index < -0.39 is 10.0 Å². The Balaban J connectivity index is 1.81. The molecule has 4 rings (SSSR count). The zero-order chi connectivity index (χ0) is 26.0. The van der Waals surface area contributed by atoms with Crippen LogP contribution in [0.4, 0.5) is 5.95 Å². The zero-order valence-corrected chi connectivity index (χ0v) is 21.3. The fourth-order valence-electron chi connectivity index (χ4n) is 3.69. The summed E-state index contributed by atoms with van der Waals surface area (Å²) >= 11 is 0. The number of anilines is 1. The van der Waals surface area contributed by atoms with Gasteiger partial charge in [-0.15, -0.1) is 0 Å². The van der Waals surface area contributed by atoms with Crippen LogP contribution in [0, 0.1) is 20.8 Å². The Morgan fingerprint density at radius 2 is 1.72 bits per heavy atom. The number of rotatable bonds is 7. The van der Waals surface area contributed by atoms with Crippen LogP contribution < -0.4 is 14.8 Å². The fraction of sp³-hybridized carbons (Fsp3) is 0.200. The highest BCUT2D eigenvalue weighted by Gasteiger charge is 2.20. The summed E-state index contributed by atoms with van der Waals surface area (Å²) < 4.78 is 35.8. The zero-order valence-electron chi connectivity index (χ0n) is 20.5. The quantitative estimate of drug-likeness (QED) is 0.391. The average molecular weight is 507 g/mol. The second-order valence-electron chi connectivity index (χ2n) is 8.30. The smallest absolute Gasteiger partial charge is 0.267 e. The topological polar surface area (TPSA) is 128 Å². The second kappa shape index (κ2) is 9.78. The molecule has 0 aliphatic carbocycles. The lowest BCUT2D eigenvalue weighted by atomic mass is 10.00. The van der Waals surface area contributed by atoms with E-state index in [-0.39, 0.29) is 22.6 Å². The lowest BCUT2D eigenvalue weighted by Gasteiger charge is -2.14. The molecule has 0 bridgehead atoms. The molecule has 0 saturated heterocycles. The Kier molecular flexibility index (Phi) is 6.75. The summed E-state index contributed by atoms with van der Waals surface area (Å²) in [5, 5.41) is 6.51. The highest BCUT2D eigenvalue weighted by atomic mass is 32.2. The molecule has 2 N–H and O–H groups in total. The molecule has 2 aromatic carbocycles. The number of aromatic nitrogens is 4. The highest BCUT2D eigenvalue weighted by Crippen LogP contribution is 2.32. The van der Waals surface area contributed by atoms with Gasteiger partial charge in [-0.1, -0.05) is 24.3 Å². The maximum Gasteiger partial charge on any atom is 0.267 e. The summed E-state index contributed by atoms with van der Waals surface area (Å²) in [4.78, 5) is 20.9. The third kappa shape index (κ3) is 5.20. The van der Waals surface area contributed by atoms with Gasteiger partial charge >= 0.3 is 0 Å². The minimum atomic E-state index is -4.00. The van der Waals surface area contributed by atoms with Crippen molar-refractivity contribution < 1.29 is 17.9 Å². The molecule has 0 aliphatic heterocycles. The molecule has 4 aromatic rings. The van der Waals surface area contributed by atoms with Crippen LogP contribution in [0.15, 0.2) is 59.8 Å². The maximum absolute atomic E-state index is 12.9. The molecule has 186 valence electrons. The predicted octanol–water partition coefficient (Wildman–Crippen LogP) is 3.76. The molecule has 10 nitrogen and oxygen atoms in total. The van der Waals surface area contributed by atoms with E-state index in [4.69, 9.17) is 4.74 Å². The number of aryl methyl sites for hydroxylation is 4. The molecule has 0 fully saturated rings. The number of carbonyl (C=O) groups excluding carboxylic acids is 1. The molecule has 36 heavy (non-hydrogen) atoms. The molecule has 2 aromatic heterocycles. The molecule has 0 atom stereocenters. The van der Waals surface area contributed by atoms with E-state index >= 15 is 0 Å². The van der Waals surface area contributed by atoms with Crippen LogP contribution >= 0.6 is 0 Å². The summed E-state index contributed by atoms with van der Waals surface area (Å²) in [6.07, 6.45) is 2.62. The van der Waals surface area contributed by atoms with Gasteiger partial charge in [0.2, 0.25) is 11.8 Å². The Morgan fingerprint density at radius 3 is 2.36 bits per heavy atom. The van der Waals surface area contributed by atoms with Gasteiger partial charge in [-0.05, 0) is 49.6 Å². The Labute approximate surface area is 209 Å². The SMILES string of the molecule is CNC(=O)c1ccc(C)c(Oc2cc(-c3c(C)cccc3C)nc(NS(=O)(=O)c3cnn(C)c3)n2)c1. The van der Waals surface area contributed by atoms with Gasteiger partial charge in [0.1, 0.15) is 10.6 Å². The predicted molar refractivity (Wildman–Crippen MR) is 136 cm³/mol. The van der Waals surface area contributed by atoms with Gasteiger partial charge in [0.05, 0.1) is 11.9 Å². The van der Waals surface area contributed by atoms with Crippen molar-refractivity contribution in [2.24, 2.45) is 7.05 Å². The van der Waals surface area contributed by atoms with Crippen molar-refractivity contribution in [1.29, 1.82) is 0 Å². The van der Waals surface area contributed by atoms with Gasteiger partial charge in [0.15, 0.2) is 0 Å². The fourth-order valence-corrected chi connectivity index (χ4v) is 4.62. The number of sulfonamides is 1. The Morgan fingerprint density at radius 1 is 1.00 bits per heavy atom. The monoisotopic (exact) mass is 506 g/mol. The summed E-state index contributed by atoms with van der Waals surface area (Å²) in [6, 6.07) is 12.5. The van der Waals surface area contributed by atoms with Crippen LogP contribution in [0.25, 0.3) is 11.3 Å². The summed E-state index contributed by atoms with van der Waals surface area (Å²) in [5.74, 6) is 0.102. The molecule has 1 amide bonds. The van der Waals surface area contributed by atoms with E-state index in [2.05, 4.69) is 25.1 Å². The van der Waals surface area contributed by atoms with Crippen molar-refractivity contribution in [3.63, 3.8) is 0 Å². The molecule has 2 heterocycles. The summed E-state index contributed by atoms with van der Waals surface area (Å²) in [6.45, 7) is 5.73. The first-order valence-corrected chi connectivity index (χ1v) is 12.5. The third-order valence-corrected chi connectivity index (χ3v) is 6.83. The van der Waals surface area contributed by atoms with E-state index in [0.29, 0.717) is 17.0 Å². The number of nitrogens with zero attached hydrogens (tertiary/aromatic N) is 4. The van der Waals surface area contributed by atoms with Crippen molar-refractivity contribution in [3.8, 4) is 22.9 Å². The summed E-state index contributed by atoms with van der Waals surface area (Å²) in [7, 11) is -0.828. The van der Waals surface area contributed by atoms with Crippen molar-refractivity contribution in [2.45, 2.75) is 25.7 Å². The molecule has 11 heteroatoms. The van der Waals surface area contributed by atoms with Crippen LogP contribution in [-0.2, 0) is 17.1 Å². The first kappa shape index (κ1) is 24.9. The molecular weight excluding hydrogens is 480 g/mol. The second-order valence-corrected chi connectivity index (χ2v) is 9.98. The normalized spacial score (nSPS) is 11.2. The maximum atomic E-state index is 12.9. The number of amides is 1. The van der Waals surface area contributed by atoms with E-state index in [9.17, 15) is 13.2 Å². The van der Waals surface area contributed by atoms with E-state index in [1.165, 1.54) is 17.1 Å². The number of nitrogens with one attached hydrogen (secondary N) is 2. The van der Waals surface area contributed by atoms with E-state index in [1.807, 2.05) is 39.0 Å². The number of hydrogen-bond donors (Lipinski definition) is 2. The minimum absolute atomic E-state index is 0.0253. The van der Waals surface area contributed by atoms with Gasteiger partial charge in [0.25, 0.3) is 15.9 Å². The van der Waals surface area contributed by atoms with Crippen LogP contribution in [0.3, 0.4) is 0 Å². The van der Waals surface area contributed by atoms with Gasteiger partial charge in [0, 0.05) is 37.5 Å². The van der Waals surface area contributed by atoms with E-state index in [0.717, 1.165) is 22.3 Å². The summed E-state index contributed by atoms with van der Waals surface area (Å²) in [5.41, 5.74) is 4.42. The van der Waals surface area contributed by atoms with Gasteiger partial charge in [-0.3, -0.25) is 9.48 Å². The van der Waals surface area contributed by atoms with Crippen molar-refractivity contribution in [1.82, 2.24) is 25.1 Å². The van der Waals surface area contributed by atoms with Gasteiger partial charge in [-0.2, -0.15) is 10.1 Å². The number of hydrogen-bond acceptors (Lipinski definition) is 7. The Bertz CT molecular complexity index is 1540. The van der Waals surface area contributed by atoms with Crippen LogP contribution in [0.5, 0.6) is 11.6 Å². The first-order chi connectivity index (χ1) is 17.1. The largest absolute Gasteiger partial charge is 0.439 e. The Hall–Kier alpha value is -4.25. The van der Waals surface area contributed by atoms with Crippen LogP contribution in [0.2, 0.25) is 0 Å². The molecule has 0 radical (unpaired) electrons. The first-order valence-electron chi connectivity index (χ1n) is 11.0. The van der Waals surface area contributed by atoms with Crippen molar-refractivity contribution in [3.05, 3.63) is 77.1 Å². The standard InChI is InChI=1S/C25H26N6O4S/c1-15-9-10-18(24(32)26-4)11-21(15)35-22-12-20(23-16(2)7-6-8-17(23)3)28-25(29-22)30-36(33,34)19-13-27-31(5)14-19/h6-14H,1-5H3,(H,26,32)(H,28,29,30). The molecule has 0 aliphatic rings. The van der Waals surface area contributed by atoms with Gasteiger partial charge < -0.3 is 10.1 Å². The highest BCUT2D eigenvalue weighted by molar-refractivity contribution is 7.92. The lowest BCUT2D eigenvalue weighted by Crippen LogP contribution is -2.17. The van der Waals surface area contributed by atoms with E-state index in [1.54, 1.807) is 38.4 Å². The number of ether oxygens (including phenoxy) is 1. The average Bonchev–Trinajstić information content (AvgIpc) is 3.27. The van der Waals surface area contributed by atoms with Crippen LogP contribution in [-0.4, -0.2) is 41.1 Å². The molecule has 0 spiro atoms. The molecule has 0 unspecified atom stereocenters. The van der Waals surface area contributed by atoms with Crippen LogP contribution in [0.1, 0.15) is 27.0 Å².